The number of aryl methyl sites for hydroxylation is 1. The van der Waals surface area contributed by atoms with Gasteiger partial charge in [-0.2, -0.15) is 0 Å². The Balaban J connectivity index is 1.39. The number of ether oxygens (including phenoxy) is 1. The quantitative estimate of drug-likeness (QED) is 0.290. The van der Waals surface area contributed by atoms with E-state index in [1.807, 2.05) is 30.3 Å². The van der Waals surface area contributed by atoms with E-state index < -0.39 is 10.0 Å². The van der Waals surface area contributed by atoms with Gasteiger partial charge >= 0.3 is 0 Å². The van der Waals surface area contributed by atoms with Gasteiger partial charge < -0.3 is 24.4 Å². The van der Waals surface area contributed by atoms with E-state index in [1.165, 1.54) is 5.69 Å². The molecule has 0 radical (unpaired) electrons. The number of sulfonamides is 1. The molecule has 0 spiro atoms. The van der Waals surface area contributed by atoms with E-state index in [-0.39, 0.29) is 12.1 Å². The minimum absolute atomic E-state index is 0.186. The molecule has 218 valence electrons. The zero-order valence-corrected chi connectivity index (χ0v) is 25.5. The van der Waals surface area contributed by atoms with Gasteiger partial charge in [0.05, 0.1) is 37.2 Å². The van der Waals surface area contributed by atoms with Gasteiger partial charge in [-0.05, 0) is 98.4 Å². The number of nitrogens with zero attached hydrogens (tertiary/aromatic N) is 4. The second-order valence-corrected chi connectivity index (χ2v) is 12.8. The lowest BCUT2D eigenvalue weighted by Gasteiger charge is -2.29. The molecule has 0 amide bonds. The first-order valence-corrected chi connectivity index (χ1v) is 16.2. The van der Waals surface area contributed by atoms with E-state index in [0.29, 0.717) is 10.8 Å². The van der Waals surface area contributed by atoms with Crippen molar-refractivity contribution in [1.29, 1.82) is 0 Å². The average molecular weight is 603 g/mol. The molecule has 11 heteroatoms. The minimum Gasteiger partial charge on any atom is -0.378 e. The number of hydrogen-bond donors (Lipinski definition) is 2. The average Bonchev–Trinajstić information content (AvgIpc) is 3.48. The molecule has 2 aliphatic rings. The number of pyridine rings is 1. The predicted octanol–water partition coefficient (Wildman–Crippen LogP) is 4.87. The molecule has 4 aromatic rings. The minimum atomic E-state index is -3.38. The van der Waals surface area contributed by atoms with E-state index in [9.17, 15) is 8.42 Å². The van der Waals surface area contributed by atoms with E-state index in [4.69, 9.17) is 17.0 Å². The van der Waals surface area contributed by atoms with E-state index in [1.54, 1.807) is 18.3 Å². The molecule has 0 saturated carbocycles. The van der Waals surface area contributed by atoms with Gasteiger partial charge in [0.25, 0.3) is 0 Å². The van der Waals surface area contributed by atoms with Crippen molar-refractivity contribution in [3.05, 3.63) is 102 Å². The molecule has 9 nitrogen and oxygen atoms in total. The summed E-state index contributed by atoms with van der Waals surface area (Å²) in [4.78, 5) is 9.13. The van der Waals surface area contributed by atoms with Crippen molar-refractivity contribution in [2.24, 2.45) is 0 Å². The third kappa shape index (κ3) is 5.59. The van der Waals surface area contributed by atoms with Crippen LogP contribution in [-0.4, -0.2) is 55.6 Å². The summed E-state index contributed by atoms with van der Waals surface area (Å²) in [5.41, 5.74) is 7.90. The molecule has 2 fully saturated rings. The number of morpholine rings is 1. The third-order valence-electron chi connectivity index (χ3n) is 7.82. The Morgan fingerprint density at radius 1 is 0.952 bits per heavy atom. The highest BCUT2D eigenvalue weighted by Gasteiger charge is 2.42. The van der Waals surface area contributed by atoms with Gasteiger partial charge in [0.1, 0.15) is 0 Å². The molecule has 2 saturated heterocycles. The van der Waals surface area contributed by atoms with E-state index >= 15 is 0 Å². The highest BCUT2D eigenvalue weighted by Crippen LogP contribution is 2.44. The summed E-state index contributed by atoms with van der Waals surface area (Å²) in [6.07, 6.45) is 2.94. The Morgan fingerprint density at radius 2 is 1.62 bits per heavy atom. The Labute approximate surface area is 252 Å². The van der Waals surface area contributed by atoms with Crippen molar-refractivity contribution in [2.75, 3.05) is 47.1 Å². The second kappa shape index (κ2) is 11.4. The number of anilines is 3. The fourth-order valence-electron chi connectivity index (χ4n) is 5.97. The largest absolute Gasteiger partial charge is 0.378 e. The summed E-state index contributed by atoms with van der Waals surface area (Å²) >= 11 is 5.91. The number of aromatic nitrogens is 2. The number of hydrogen-bond acceptors (Lipinski definition) is 6. The van der Waals surface area contributed by atoms with E-state index in [0.717, 1.165) is 66.6 Å². The van der Waals surface area contributed by atoms with Crippen LogP contribution in [0.25, 0.3) is 5.69 Å². The van der Waals surface area contributed by atoms with Crippen molar-refractivity contribution in [3.63, 3.8) is 0 Å². The van der Waals surface area contributed by atoms with Gasteiger partial charge in [0.15, 0.2) is 5.11 Å². The topological polar surface area (TPSA) is 91.7 Å². The highest BCUT2D eigenvalue weighted by molar-refractivity contribution is 7.92. The van der Waals surface area contributed by atoms with Gasteiger partial charge in [-0.1, -0.05) is 6.07 Å². The molecule has 0 bridgehead atoms. The zero-order valence-electron chi connectivity index (χ0n) is 23.8. The lowest BCUT2D eigenvalue weighted by Crippen LogP contribution is -2.36. The molecule has 42 heavy (non-hydrogen) atoms. The van der Waals surface area contributed by atoms with E-state index in [2.05, 4.69) is 73.6 Å². The Kier molecular flexibility index (Phi) is 7.65. The van der Waals surface area contributed by atoms with Gasteiger partial charge in [-0.25, -0.2) is 8.42 Å². The maximum absolute atomic E-state index is 11.7. The van der Waals surface area contributed by atoms with Gasteiger partial charge in [-0.3, -0.25) is 9.71 Å². The van der Waals surface area contributed by atoms with Crippen molar-refractivity contribution in [1.82, 2.24) is 14.9 Å². The van der Waals surface area contributed by atoms with Crippen LogP contribution < -0.4 is 19.8 Å². The number of benzene rings is 2. The second-order valence-electron chi connectivity index (χ2n) is 10.7. The van der Waals surface area contributed by atoms with Gasteiger partial charge in [0, 0.05) is 53.4 Å². The zero-order chi connectivity index (χ0) is 29.4. The van der Waals surface area contributed by atoms with Crippen LogP contribution in [0.3, 0.4) is 0 Å². The van der Waals surface area contributed by atoms with Crippen LogP contribution in [0.4, 0.5) is 17.1 Å². The van der Waals surface area contributed by atoms with Crippen LogP contribution in [0.15, 0.2) is 79.0 Å². The SMILES string of the molecule is Cc1cc([C@H]2[C@H](c3ccccn3)NC(=S)N2c2ccc(NS(C)(=O)=O)cc2)c(C)n1-c1ccc(N2CCOCC2)cc1. The molecular formula is C31H34N6O3S2. The van der Waals surface area contributed by atoms with Gasteiger partial charge in [-0.15, -0.1) is 0 Å². The summed E-state index contributed by atoms with van der Waals surface area (Å²) in [7, 11) is -3.38. The number of rotatable bonds is 7. The smallest absolute Gasteiger partial charge is 0.229 e. The van der Waals surface area contributed by atoms with Crippen LogP contribution in [-0.2, 0) is 14.8 Å². The summed E-state index contributed by atoms with van der Waals surface area (Å²) in [6, 6.07) is 23.8. The van der Waals surface area contributed by atoms with Crippen LogP contribution in [0.2, 0.25) is 0 Å². The molecule has 2 aliphatic heterocycles. The molecule has 6 rings (SSSR count). The normalized spacial score (nSPS) is 19.2. The van der Waals surface area contributed by atoms with Crippen LogP contribution >= 0.6 is 12.2 Å². The standard InChI is InChI=1S/C31H34N6O3S2/c1-21-20-27(22(2)36(21)25-13-11-24(12-14-25)35-16-18-40-19-17-35)30-29(28-6-4-5-15-32-28)33-31(41)37(30)26-9-7-23(8-10-26)34-42(3,38)39/h4-15,20,29-30,34H,16-19H2,1-3H3,(H,33,41)/t29-,30-/m0/s1. The monoisotopic (exact) mass is 602 g/mol. The molecule has 0 aliphatic carbocycles. The van der Waals surface area contributed by atoms with Gasteiger partial charge in [0.2, 0.25) is 10.0 Å². The first-order valence-electron chi connectivity index (χ1n) is 13.9. The molecule has 4 heterocycles. The molecule has 2 aromatic heterocycles. The number of nitrogens with one attached hydrogen (secondary N) is 2. The fraction of sp³-hybridized carbons (Fsp3) is 0.290. The number of thiocarbonyl (C=S) groups is 1. The molecule has 2 atom stereocenters. The Hall–Kier alpha value is -3.93. The summed E-state index contributed by atoms with van der Waals surface area (Å²) in [5.74, 6) is 0. The summed E-state index contributed by atoms with van der Waals surface area (Å²) in [5, 5.41) is 4.10. The molecular weight excluding hydrogens is 569 g/mol. The van der Waals surface area contributed by atoms with Crippen molar-refractivity contribution < 1.29 is 13.2 Å². The van der Waals surface area contributed by atoms with Crippen LogP contribution in [0.5, 0.6) is 0 Å². The molecule has 2 N–H and O–H groups in total. The lowest BCUT2D eigenvalue weighted by molar-refractivity contribution is 0.122. The maximum atomic E-state index is 11.7. The summed E-state index contributed by atoms with van der Waals surface area (Å²) in [6.45, 7) is 7.57. The van der Waals surface area contributed by atoms with Crippen LogP contribution in [0, 0.1) is 13.8 Å². The Bertz CT molecular complexity index is 1680. The maximum Gasteiger partial charge on any atom is 0.229 e. The summed E-state index contributed by atoms with van der Waals surface area (Å²) < 4.78 is 33.8. The van der Waals surface area contributed by atoms with Crippen molar-refractivity contribution in [2.45, 2.75) is 25.9 Å². The lowest BCUT2D eigenvalue weighted by atomic mass is 9.96. The molecule has 2 aromatic carbocycles. The fourth-order valence-corrected chi connectivity index (χ4v) is 6.88. The molecule has 0 unspecified atom stereocenters. The third-order valence-corrected chi connectivity index (χ3v) is 8.74. The predicted molar refractivity (Wildman–Crippen MR) is 171 cm³/mol. The van der Waals surface area contributed by atoms with Crippen molar-refractivity contribution >= 4 is 44.4 Å². The highest BCUT2D eigenvalue weighted by atomic mass is 32.2. The van der Waals surface area contributed by atoms with Crippen molar-refractivity contribution in [3.8, 4) is 5.69 Å². The Morgan fingerprint density at radius 3 is 2.26 bits per heavy atom. The van der Waals surface area contributed by atoms with Crippen LogP contribution in [0.1, 0.15) is 34.7 Å². The first-order chi connectivity index (χ1) is 20.2. The first kappa shape index (κ1) is 28.2.